The third-order valence-electron chi connectivity index (χ3n) is 5.39. The van der Waals surface area contributed by atoms with Crippen LogP contribution in [0.3, 0.4) is 0 Å². The van der Waals surface area contributed by atoms with Gasteiger partial charge in [0.25, 0.3) is 5.91 Å². The van der Waals surface area contributed by atoms with Crippen LogP contribution in [0.1, 0.15) is 54.4 Å². The van der Waals surface area contributed by atoms with E-state index in [0.717, 1.165) is 37.0 Å². The predicted molar refractivity (Wildman–Crippen MR) is 114 cm³/mol. The molecule has 3 nitrogen and oxygen atoms in total. The van der Waals surface area contributed by atoms with Crippen LogP contribution in [0.4, 0.5) is 0 Å². The molecular weight excluding hydrogens is 376 g/mol. The standard InChI is InChI=1S/C22H21ClN2OS/c23-18-12-10-16(11-13-18)19-21(27)25(20(26)17-8-4-3-5-9-17)22(24-19)14-6-1-2-7-15-22/h3-5,8-13H,1-2,6-7,14-15H2. The number of nitrogens with zero attached hydrogens (tertiary/aromatic N) is 2. The summed E-state index contributed by atoms with van der Waals surface area (Å²) < 4.78 is 0. The number of carbonyl (C=O) groups is 1. The molecule has 0 saturated heterocycles. The molecule has 1 fully saturated rings. The Morgan fingerprint density at radius 2 is 1.59 bits per heavy atom. The Morgan fingerprint density at radius 3 is 2.22 bits per heavy atom. The molecule has 0 unspecified atom stereocenters. The highest BCUT2D eigenvalue weighted by molar-refractivity contribution is 7.82. The molecule has 2 aromatic carbocycles. The van der Waals surface area contributed by atoms with E-state index in [1.807, 2.05) is 54.6 Å². The fourth-order valence-corrected chi connectivity index (χ4v) is 4.56. The maximum atomic E-state index is 13.4. The molecular formula is C22H21ClN2OS. The summed E-state index contributed by atoms with van der Waals surface area (Å²) in [4.78, 5) is 20.8. The maximum Gasteiger partial charge on any atom is 0.260 e. The summed E-state index contributed by atoms with van der Waals surface area (Å²) in [5.41, 5.74) is 1.73. The fraction of sp³-hybridized carbons (Fsp3) is 0.318. The van der Waals surface area contributed by atoms with Crippen molar-refractivity contribution in [2.24, 2.45) is 4.99 Å². The van der Waals surface area contributed by atoms with Crippen molar-refractivity contribution >= 4 is 40.4 Å². The third kappa shape index (κ3) is 3.44. The molecule has 0 aromatic heterocycles. The Hall–Kier alpha value is -2.04. The molecule has 27 heavy (non-hydrogen) atoms. The summed E-state index contributed by atoms with van der Waals surface area (Å²) in [5.74, 6) is -0.0600. The lowest BCUT2D eigenvalue weighted by molar-refractivity contribution is 0.0692. The van der Waals surface area contributed by atoms with E-state index in [-0.39, 0.29) is 5.91 Å². The first-order valence-electron chi connectivity index (χ1n) is 9.40. The van der Waals surface area contributed by atoms with Crippen LogP contribution in [0.2, 0.25) is 5.02 Å². The third-order valence-corrected chi connectivity index (χ3v) is 6.02. The average Bonchev–Trinajstić information content (AvgIpc) is 2.83. The lowest BCUT2D eigenvalue weighted by Crippen LogP contribution is -2.49. The van der Waals surface area contributed by atoms with Gasteiger partial charge in [-0.2, -0.15) is 0 Å². The zero-order valence-electron chi connectivity index (χ0n) is 15.0. The van der Waals surface area contributed by atoms with Crippen molar-refractivity contribution < 1.29 is 4.79 Å². The quantitative estimate of drug-likeness (QED) is 0.613. The molecule has 0 bridgehead atoms. The largest absolute Gasteiger partial charge is 0.271 e. The number of aliphatic imine (C=N–C) groups is 1. The van der Waals surface area contributed by atoms with Gasteiger partial charge in [-0.1, -0.05) is 67.0 Å². The van der Waals surface area contributed by atoms with E-state index in [1.165, 1.54) is 12.8 Å². The molecule has 0 atom stereocenters. The monoisotopic (exact) mass is 396 g/mol. The van der Waals surface area contributed by atoms with E-state index in [1.54, 1.807) is 4.90 Å². The molecule has 1 spiro atoms. The van der Waals surface area contributed by atoms with Crippen LogP contribution in [-0.2, 0) is 0 Å². The van der Waals surface area contributed by atoms with Crippen LogP contribution < -0.4 is 0 Å². The van der Waals surface area contributed by atoms with Gasteiger partial charge in [-0.3, -0.25) is 14.7 Å². The SMILES string of the molecule is O=C(c1ccccc1)N1C(=S)C(c2ccc(Cl)cc2)=NC12CCCCCC2. The fourth-order valence-electron chi connectivity index (χ4n) is 4.02. The summed E-state index contributed by atoms with van der Waals surface area (Å²) in [5, 5.41) is 0.671. The molecule has 1 saturated carbocycles. The molecule has 0 N–H and O–H groups in total. The van der Waals surface area contributed by atoms with Gasteiger partial charge < -0.3 is 0 Å². The molecule has 1 aliphatic heterocycles. The molecule has 5 heteroatoms. The lowest BCUT2D eigenvalue weighted by Gasteiger charge is -2.35. The molecule has 0 radical (unpaired) electrons. The first-order valence-corrected chi connectivity index (χ1v) is 10.2. The molecule has 4 rings (SSSR count). The number of carbonyl (C=O) groups excluding carboxylic acids is 1. The molecule has 1 amide bonds. The lowest BCUT2D eigenvalue weighted by atomic mass is 9.99. The van der Waals surface area contributed by atoms with Crippen molar-refractivity contribution in [3.8, 4) is 0 Å². The van der Waals surface area contributed by atoms with E-state index in [0.29, 0.717) is 15.6 Å². The highest BCUT2D eigenvalue weighted by atomic mass is 35.5. The van der Waals surface area contributed by atoms with E-state index in [9.17, 15) is 4.79 Å². The van der Waals surface area contributed by atoms with E-state index in [2.05, 4.69) is 0 Å². The van der Waals surface area contributed by atoms with Crippen LogP contribution in [-0.4, -0.2) is 27.2 Å². The van der Waals surface area contributed by atoms with E-state index < -0.39 is 5.66 Å². The van der Waals surface area contributed by atoms with Crippen molar-refractivity contribution in [3.63, 3.8) is 0 Å². The summed E-state index contributed by atoms with van der Waals surface area (Å²) in [7, 11) is 0. The molecule has 1 heterocycles. The van der Waals surface area contributed by atoms with Gasteiger partial charge in [0.05, 0.1) is 0 Å². The van der Waals surface area contributed by atoms with E-state index in [4.69, 9.17) is 28.8 Å². The highest BCUT2D eigenvalue weighted by Gasteiger charge is 2.48. The van der Waals surface area contributed by atoms with Gasteiger partial charge in [0.2, 0.25) is 0 Å². The summed E-state index contributed by atoms with van der Waals surface area (Å²) in [6.45, 7) is 0. The Morgan fingerprint density at radius 1 is 0.963 bits per heavy atom. The van der Waals surface area contributed by atoms with Crippen molar-refractivity contribution in [2.45, 2.75) is 44.2 Å². The van der Waals surface area contributed by atoms with Crippen LogP contribution in [0.5, 0.6) is 0 Å². The number of thiocarbonyl (C=S) groups is 1. The Balaban J connectivity index is 1.78. The summed E-state index contributed by atoms with van der Waals surface area (Å²) in [6.07, 6.45) is 6.16. The zero-order chi connectivity index (χ0) is 18.9. The second kappa shape index (κ2) is 7.53. The van der Waals surface area contributed by atoms with Crippen LogP contribution in [0, 0.1) is 0 Å². The number of hydrogen-bond donors (Lipinski definition) is 0. The van der Waals surface area contributed by atoms with Gasteiger partial charge in [-0.25, -0.2) is 0 Å². The molecule has 2 aliphatic rings. The van der Waals surface area contributed by atoms with Gasteiger partial charge >= 0.3 is 0 Å². The molecule has 2 aromatic rings. The first kappa shape index (κ1) is 18.3. The van der Waals surface area contributed by atoms with Crippen LogP contribution >= 0.6 is 23.8 Å². The minimum atomic E-state index is -0.560. The van der Waals surface area contributed by atoms with Crippen LogP contribution in [0.15, 0.2) is 59.6 Å². The second-order valence-corrected chi connectivity index (χ2v) is 8.00. The number of benzene rings is 2. The van der Waals surface area contributed by atoms with Gasteiger partial charge in [-0.15, -0.1) is 0 Å². The van der Waals surface area contributed by atoms with Crippen molar-refractivity contribution in [3.05, 3.63) is 70.7 Å². The topological polar surface area (TPSA) is 32.7 Å². The van der Waals surface area contributed by atoms with Gasteiger partial charge in [0.15, 0.2) is 0 Å². The summed E-state index contributed by atoms with van der Waals surface area (Å²) >= 11 is 11.8. The Labute approximate surface area is 170 Å². The first-order chi connectivity index (χ1) is 13.1. The Bertz CT molecular complexity index is 884. The highest BCUT2D eigenvalue weighted by Crippen LogP contribution is 2.40. The predicted octanol–water partition coefficient (Wildman–Crippen LogP) is 5.66. The molecule has 1 aliphatic carbocycles. The van der Waals surface area contributed by atoms with E-state index >= 15 is 0 Å². The van der Waals surface area contributed by atoms with Crippen molar-refractivity contribution in [2.75, 3.05) is 0 Å². The minimum absolute atomic E-state index is 0.0600. The smallest absolute Gasteiger partial charge is 0.260 e. The minimum Gasteiger partial charge on any atom is -0.271 e. The average molecular weight is 397 g/mol. The maximum absolute atomic E-state index is 13.4. The Kier molecular flexibility index (Phi) is 5.11. The zero-order valence-corrected chi connectivity index (χ0v) is 16.6. The number of hydrogen-bond acceptors (Lipinski definition) is 3. The van der Waals surface area contributed by atoms with Gasteiger partial charge in [-0.05, 0) is 49.9 Å². The van der Waals surface area contributed by atoms with Gasteiger partial charge in [0, 0.05) is 16.1 Å². The molecule has 138 valence electrons. The number of amides is 1. The van der Waals surface area contributed by atoms with Crippen molar-refractivity contribution in [1.29, 1.82) is 0 Å². The van der Waals surface area contributed by atoms with Crippen molar-refractivity contribution in [1.82, 2.24) is 4.90 Å². The summed E-state index contributed by atoms with van der Waals surface area (Å²) in [6, 6.07) is 16.9. The second-order valence-electron chi connectivity index (χ2n) is 7.18. The number of halogens is 1. The van der Waals surface area contributed by atoms with Gasteiger partial charge in [0.1, 0.15) is 16.4 Å². The van der Waals surface area contributed by atoms with Crippen LogP contribution in [0.25, 0.3) is 0 Å². The number of rotatable bonds is 2. The normalized spacial score (nSPS) is 19.1.